The molecule has 0 unspecified atom stereocenters. The number of esters is 1. The molecule has 1 rings (SSSR count). The van der Waals surface area contributed by atoms with Crippen molar-refractivity contribution < 1.29 is 14.3 Å². The van der Waals surface area contributed by atoms with Crippen LogP contribution in [0.3, 0.4) is 0 Å². The van der Waals surface area contributed by atoms with E-state index < -0.39 is 0 Å². The van der Waals surface area contributed by atoms with Gasteiger partial charge in [0.15, 0.2) is 5.16 Å². The summed E-state index contributed by atoms with van der Waals surface area (Å²) in [5, 5.41) is 0.392. The largest absolute Gasteiger partial charge is 0.465 e. The second-order valence-corrected chi connectivity index (χ2v) is 4.45. The summed E-state index contributed by atoms with van der Waals surface area (Å²) in [6, 6.07) is 1.36. The second-order valence-electron chi connectivity index (χ2n) is 3.48. The van der Waals surface area contributed by atoms with Crippen LogP contribution in [0, 0.1) is 0 Å². The van der Waals surface area contributed by atoms with Crippen LogP contribution in [0.5, 0.6) is 0 Å². The van der Waals surface area contributed by atoms with Gasteiger partial charge in [-0.05, 0) is 6.42 Å². The van der Waals surface area contributed by atoms with Crippen molar-refractivity contribution in [2.24, 2.45) is 0 Å². The minimum Gasteiger partial charge on any atom is -0.465 e. The van der Waals surface area contributed by atoms with Crippen LogP contribution in [0.25, 0.3) is 0 Å². The molecule has 6 nitrogen and oxygen atoms in total. The highest BCUT2D eigenvalue weighted by molar-refractivity contribution is 7.99. The molecule has 1 aromatic heterocycles. The molecular formula is C11H16N2O4S. The van der Waals surface area contributed by atoms with Crippen LogP contribution < -0.4 is 5.56 Å². The Morgan fingerprint density at radius 1 is 1.56 bits per heavy atom. The number of thioether (sulfide) groups is 1. The van der Waals surface area contributed by atoms with Gasteiger partial charge < -0.3 is 14.5 Å². The van der Waals surface area contributed by atoms with Crippen molar-refractivity contribution >= 4 is 17.7 Å². The highest BCUT2D eigenvalue weighted by Crippen LogP contribution is 2.11. The average Bonchev–Trinajstić information content (AvgIpc) is 2.33. The Balaban J connectivity index is 2.56. The Morgan fingerprint density at radius 2 is 2.33 bits per heavy atom. The van der Waals surface area contributed by atoms with Gasteiger partial charge in [0.2, 0.25) is 0 Å². The van der Waals surface area contributed by atoms with Crippen LogP contribution in [0.1, 0.15) is 19.0 Å². The summed E-state index contributed by atoms with van der Waals surface area (Å²) in [6.45, 7) is 2.60. The van der Waals surface area contributed by atoms with Gasteiger partial charge in [-0.25, -0.2) is 4.98 Å². The molecule has 7 heteroatoms. The standard InChI is InChI=1S/C11H16N2O4S/c1-3-4-17-10(15)7-18-11-12-8(6-16-2)5-9(14)13-11/h5H,3-4,6-7H2,1-2H3,(H,12,13,14). The van der Waals surface area contributed by atoms with E-state index >= 15 is 0 Å². The molecule has 0 saturated carbocycles. The molecular weight excluding hydrogens is 256 g/mol. The third-order valence-electron chi connectivity index (χ3n) is 1.86. The van der Waals surface area contributed by atoms with Gasteiger partial charge in [0, 0.05) is 13.2 Å². The summed E-state index contributed by atoms with van der Waals surface area (Å²) in [4.78, 5) is 29.3. The lowest BCUT2D eigenvalue weighted by atomic mass is 10.4. The predicted octanol–water partition coefficient (Wildman–Crippen LogP) is 0.962. The lowest BCUT2D eigenvalue weighted by Gasteiger charge is -2.04. The third kappa shape index (κ3) is 5.33. The summed E-state index contributed by atoms with van der Waals surface area (Å²) in [5.74, 6) is -0.194. The zero-order valence-corrected chi connectivity index (χ0v) is 11.2. The summed E-state index contributed by atoms with van der Waals surface area (Å²) in [7, 11) is 1.53. The number of aromatic amines is 1. The topological polar surface area (TPSA) is 81.3 Å². The molecule has 0 aromatic carbocycles. The van der Waals surface area contributed by atoms with E-state index in [0.29, 0.717) is 17.5 Å². The molecule has 0 radical (unpaired) electrons. The van der Waals surface area contributed by atoms with Crippen molar-refractivity contribution in [1.82, 2.24) is 9.97 Å². The molecule has 0 aliphatic carbocycles. The molecule has 1 aromatic rings. The van der Waals surface area contributed by atoms with E-state index in [4.69, 9.17) is 9.47 Å². The van der Waals surface area contributed by atoms with E-state index in [1.807, 2.05) is 6.92 Å². The Kier molecular flexibility index (Phi) is 6.45. The molecule has 1 heterocycles. The Bertz CT molecular complexity index is 447. The highest BCUT2D eigenvalue weighted by atomic mass is 32.2. The first-order valence-corrected chi connectivity index (χ1v) is 6.52. The molecule has 0 amide bonds. The van der Waals surface area contributed by atoms with Crippen molar-refractivity contribution in [3.8, 4) is 0 Å². The quantitative estimate of drug-likeness (QED) is 0.452. The van der Waals surface area contributed by atoms with Crippen LogP contribution in [-0.2, 0) is 20.9 Å². The zero-order valence-electron chi connectivity index (χ0n) is 10.4. The Hall–Kier alpha value is -1.34. The van der Waals surface area contributed by atoms with Crippen LogP contribution >= 0.6 is 11.8 Å². The number of nitrogens with one attached hydrogen (secondary N) is 1. The van der Waals surface area contributed by atoms with E-state index in [1.54, 1.807) is 0 Å². The summed E-state index contributed by atoms with van der Waals surface area (Å²) >= 11 is 1.14. The monoisotopic (exact) mass is 272 g/mol. The Labute approximate surface area is 109 Å². The fourth-order valence-electron chi connectivity index (χ4n) is 1.16. The fraction of sp³-hybridized carbons (Fsp3) is 0.545. The van der Waals surface area contributed by atoms with Crippen molar-refractivity contribution in [2.75, 3.05) is 19.5 Å². The van der Waals surface area contributed by atoms with Gasteiger partial charge in [0.05, 0.1) is 24.7 Å². The first-order valence-electron chi connectivity index (χ1n) is 5.53. The fourth-order valence-corrected chi connectivity index (χ4v) is 1.85. The number of nitrogens with zero attached hydrogens (tertiary/aromatic N) is 1. The molecule has 0 aliphatic rings. The molecule has 0 fully saturated rings. The number of ether oxygens (including phenoxy) is 2. The minimum atomic E-state index is -0.318. The number of methoxy groups -OCH3 is 1. The summed E-state index contributed by atoms with van der Waals surface area (Å²) in [5.41, 5.74) is 0.271. The van der Waals surface area contributed by atoms with Gasteiger partial charge >= 0.3 is 5.97 Å². The van der Waals surface area contributed by atoms with E-state index in [1.165, 1.54) is 13.2 Å². The average molecular weight is 272 g/mol. The molecule has 0 aliphatic heterocycles. The van der Waals surface area contributed by atoms with E-state index in [2.05, 4.69) is 9.97 Å². The van der Waals surface area contributed by atoms with Crippen molar-refractivity contribution in [3.63, 3.8) is 0 Å². The zero-order chi connectivity index (χ0) is 13.4. The molecule has 100 valence electrons. The normalized spacial score (nSPS) is 10.3. The van der Waals surface area contributed by atoms with E-state index in [0.717, 1.165) is 18.2 Å². The van der Waals surface area contributed by atoms with Crippen LogP contribution in [0.2, 0.25) is 0 Å². The van der Waals surface area contributed by atoms with Crippen molar-refractivity contribution in [3.05, 3.63) is 22.1 Å². The number of rotatable bonds is 7. The van der Waals surface area contributed by atoms with Gasteiger partial charge in [-0.1, -0.05) is 18.7 Å². The first-order chi connectivity index (χ1) is 8.65. The lowest BCUT2D eigenvalue weighted by Crippen LogP contribution is -2.13. The van der Waals surface area contributed by atoms with E-state index in [-0.39, 0.29) is 23.9 Å². The van der Waals surface area contributed by atoms with Gasteiger partial charge in [0.25, 0.3) is 5.56 Å². The van der Waals surface area contributed by atoms with Gasteiger partial charge in [0.1, 0.15) is 0 Å². The number of aromatic nitrogens is 2. The maximum Gasteiger partial charge on any atom is 0.316 e. The number of hydrogen-bond acceptors (Lipinski definition) is 6. The molecule has 0 bridgehead atoms. The van der Waals surface area contributed by atoms with Crippen molar-refractivity contribution in [1.29, 1.82) is 0 Å². The Morgan fingerprint density at radius 3 is 3.00 bits per heavy atom. The number of carbonyl (C=O) groups is 1. The summed E-state index contributed by atoms with van der Waals surface area (Å²) in [6.07, 6.45) is 0.787. The van der Waals surface area contributed by atoms with Crippen LogP contribution in [0.4, 0.5) is 0 Å². The van der Waals surface area contributed by atoms with Gasteiger partial charge in [-0.15, -0.1) is 0 Å². The summed E-state index contributed by atoms with van der Waals surface area (Å²) < 4.78 is 9.82. The molecule has 18 heavy (non-hydrogen) atoms. The maximum absolute atomic E-state index is 11.3. The van der Waals surface area contributed by atoms with Crippen molar-refractivity contribution in [2.45, 2.75) is 25.1 Å². The van der Waals surface area contributed by atoms with Crippen LogP contribution in [-0.4, -0.2) is 35.4 Å². The highest BCUT2D eigenvalue weighted by Gasteiger charge is 2.07. The number of carbonyl (C=O) groups excluding carboxylic acids is 1. The molecule has 0 atom stereocenters. The molecule has 1 N–H and O–H groups in total. The SMILES string of the molecule is CCCOC(=O)CSc1nc(COC)cc(=O)[nH]1. The predicted molar refractivity (Wildman–Crippen MR) is 67.5 cm³/mol. The number of hydrogen-bond donors (Lipinski definition) is 1. The minimum absolute atomic E-state index is 0.124. The van der Waals surface area contributed by atoms with Gasteiger partial charge in [-0.3, -0.25) is 9.59 Å². The maximum atomic E-state index is 11.3. The van der Waals surface area contributed by atoms with Crippen LogP contribution in [0.15, 0.2) is 16.0 Å². The lowest BCUT2D eigenvalue weighted by molar-refractivity contribution is -0.140. The van der Waals surface area contributed by atoms with E-state index in [9.17, 15) is 9.59 Å². The molecule has 0 saturated heterocycles. The molecule has 0 spiro atoms. The second kappa shape index (κ2) is 7.88. The third-order valence-corrected chi connectivity index (χ3v) is 2.71. The first kappa shape index (κ1) is 14.7. The number of H-pyrrole nitrogens is 1. The smallest absolute Gasteiger partial charge is 0.316 e. The van der Waals surface area contributed by atoms with Gasteiger partial charge in [-0.2, -0.15) is 0 Å².